The number of hydrogen-bond acceptors (Lipinski definition) is 3. The molecule has 1 atom stereocenters. The summed E-state index contributed by atoms with van der Waals surface area (Å²) < 4.78 is 1.01. The highest BCUT2D eigenvalue weighted by Gasteiger charge is 2.15. The van der Waals surface area contributed by atoms with Crippen LogP contribution in [0.15, 0.2) is 28.7 Å². The van der Waals surface area contributed by atoms with Crippen LogP contribution in [0, 0.1) is 13.8 Å². The molecule has 19 heavy (non-hydrogen) atoms. The van der Waals surface area contributed by atoms with Crippen molar-refractivity contribution < 1.29 is 0 Å². The largest absolute Gasteiger partial charge is 0.330 e. The van der Waals surface area contributed by atoms with E-state index in [0.29, 0.717) is 6.54 Å². The van der Waals surface area contributed by atoms with Crippen molar-refractivity contribution in [1.82, 2.24) is 9.97 Å². The molecule has 0 bridgehead atoms. The Morgan fingerprint density at radius 1 is 1.16 bits per heavy atom. The Balaban J connectivity index is 2.55. The molecule has 0 spiro atoms. The van der Waals surface area contributed by atoms with E-state index in [1.165, 1.54) is 5.56 Å². The fraction of sp³-hybridized carbons (Fsp3) is 0.333. The van der Waals surface area contributed by atoms with Crippen molar-refractivity contribution in [3.8, 4) is 11.4 Å². The summed E-state index contributed by atoms with van der Waals surface area (Å²) >= 11 is 3.54. The number of aryl methyl sites for hydroxylation is 2. The van der Waals surface area contributed by atoms with Gasteiger partial charge in [0.1, 0.15) is 0 Å². The summed E-state index contributed by atoms with van der Waals surface area (Å²) in [6, 6.07) is 7.99. The molecule has 0 amide bonds. The first-order valence-electron chi connectivity index (χ1n) is 6.34. The molecule has 1 aromatic heterocycles. The summed E-state index contributed by atoms with van der Waals surface area (Å²) in [5, 5.41) is 0. The molecule has 100 valence electrons. The maximum Gasteiger partial charge on any atom is 0.160 e. The van der Waals surface area contributed by atoms with E-state index in [2.05, 4.69) is 32.8 Å². The molecule has 0 saturated carbocycles. The third-order valence-corrected chi connectivity index (χ3v) is 3.98. The van der Waals surface area contributed by atoms with Crippen molar-refractivity contribution in [3.63, 3.8) is 0 Å². The smallest absolute Gasteiger partial charge is 0.160 e. The van der Waals surface area contributed by atoms with Crippen LogP contribution in [-0.2, 0) is 0 Å². The van der Waals surface area contributed by atoms with Crippen LogP contribution < -0.4 is 5.73 Å². The number of nitrogens with zero attached hydrogens (tertiary/aromatic N) is 2. The van der Waals surface area contributed by atoms with Crippen molar-refractivity contribution in [1.29, 1.82) is 0 Å². The van der Waals surface area contributed by atoms with E-state index in [1.54, 1.807) is 0 Å². The monoisotopic (exact) mass is 319 g/mol. The zero-order chi connectivity index (χ0) is 14.0. The Morgan fingerprint density at radius 3 is 2.26 bits per heavy atom. The van der Waals surface area contributed by atoms with Crippen molar-refractivity contribution in [2.24, 2.45) is 5.73 Å². The van der Waals surface area contributed by atoms with E-state index >= 15 is 0 Å². The van der Waals surface area contributed by atoms with E-state index in [9.17, 15) is 0 Å². The predicted octanol–water partition coefficient (Wildman–Crippen LogP) is 3.59. The second-order valence-electron chi connectivity index (χ2n) is 4.75. The van der Waals surface area contributed by atoms with E-state index in [0.717, 1.165) is 27.2 Å². The van der Waals surface area contributed by atoms with Crippen molar-refractivity contribution >= 4 is 15.9 Å². The molecule has 0 aliphatic carbocycles. The molecule has 0 saturated heterocycles. The number of nitrogens with two attached hydrogens (primary N) is 1. The number of rotatable bonds is 3. The highest BCUT2D eigenvalue weighted by molar-refractivity contribution is 9.10. The first kappa shape index (κ1) is 14.2. The molecule has 4 heteroatoms. The Bertz CT molecular complexity index is 573. The molecular weight excluding hydrogens is 302 g/mol. The summed E-state index contributed by atoms with van der Waals surface area (Å²) in [5.41, 5.74) is 9.95. The number of benzene rings is 1. The van der Waals surface area contributed by atoms with Crippen LogP contribution in [0.2, 0.25) is 0 Å². The molecule has 2 aromatic rings. The van der Waals surface area contributed by atoms with Crippen LogP contribution in [0.1, 0.15) is 29.8 Å². The first-order chi connectivity index (χ1) is 9.04. The minimum atomic E-state index is 0.285. The first-order valence-corrected chi connectivity index (χ1v) is 7.14. The average molecular weight is 320 g/mol. The maximum atomic E-state index is 5.75. The summed E-state index contributed by atoms with van der Waals surface area (Å²) in [4.78, 5) is 9.27. The fourth-order valence-electron chi connectivity index (χ4n) is 2.32. The third-order valence-electron chi connectivity index (χ3n) is 3.29. The Labute approximate surface area is 122 Å². The standard InChI is InChI=1S/C15H18BrN3/c1-9(8-17)14-10(2)18-15(19-11(14)3)12-6-4-5-7-13(12)16/h4-7,9H,8,17H2,1-3H3. The van der Waals surface area contributed by atoms with E-state index < -0.39 is 0 Å². The van der Waals surface area contributed by atoms with Gasteiger partial charge in [-0.25, -0.2) is 9.97 Å². The lowest BCUT2D eigenvalue weighted by Crippen LogP contribution is -2.14. The molecular formula is C15H18BrN3. The van der Waals surface area contributed by atoms with Crippen molar-refractivity contribution in [2.75, 3.05) is 6.54 Å². The van der Waals surface area contributed by atoms with Gasteiger partial charge in [-0.3, -0.25) is 0 Å². The van der Waals surface area contributed by atoms with Gasteiger partial charge in [0.15, 0.2) is 5.82 Å². The normalized spacial score (nSPS) is 12.5. The molecule has 2 rings (SSSR count). The van der Waals surface area contributed by atoms with Crippen LogP contribution in [-0.4, -0.2) is 16.5 Å². The minimum Gasteiger partial charge on any atom is -0.330 e. The second-order valence-corrected chi connectivity index (χ2v) is 5.60. The van der Waals surface area contributed by atoms with Crippen LogP contribution in [0.4, 0.5) is 0 Å². The molecule has 0 radical (unpaired) electrons. The lowest BCUT2D eigenvalue weighted by Gasteiger charge is -2.16. The summed E-state index contributed by atoms with van der Waals surface area (Å²) in [6.45, 7) is 6.77. The van der Waals surface area contributed by atoms with Crippen LogP contribution in [0.5, 0.6) is 0 Å². The SMILES string of the molecule is Cc1nc(-c2ccccc2Br)nc(C)c1C(C)CN. The number of hydrogen-bond donors (Lipinski definition) is 1. The summed E-state index contributed by atoms with van der Waals surface area (Å²) in [5.74, 6) is 1.05. The van der Waals surface area contributed by atoms with Gasteiger partial charge < -0.3 is 5.73 Å². The van der Waals surface area contributed by atoms with Crippen molar-refractivity contribution in [3.05, 3.63) is 45.7 Å². The lowest BCUT2D eigenvalue weighted by atomic mass is 9.98. The quantitative estimate of drug-likeness (QED) is 0.940. The molecule has 0 aliphatic heterocycles. The zero-order valence-electron chi connectivity index (χ0n) is 11.4. The molecule has 1 heterocycles. The lowest BCUT2D eigenvalue weighted by molar-refractivity contribution is 0.744. The van der Waals surface area contributed by atoms with Gasteiger partial charge in [-0.05, 0) is 37.9 Å². The van der Waals surface area contributed by atoms with E-state index in [4.69, 9.17) is 5.73 Å². The van der Waals surface area contributed by atoms with Crippen LogP contribution in [0.3, 0.4) is 0 Å². The van der Waals surface area contributed by atoms with Crippen LogP contribution >= 0.6 is 15.9 Å². The van der Waals surface area contributed by atoms with Gasteiger partial charge in [-0.2, -0.15) is 0 Å². The highest BCUT2D eigenvalue weighted by Crippen LogP contribution is 2.28. The minimum absolute atomic E-state index is 0.285. The maximum absolute atomic E-state index is 5.75. The van der Waals surface area contributed by atoms with E-state index in [-0.39, 0.29) is 5.92 Å². The van der Waals surface area contributed by atoms with Crippen LogP contribution in [0.25, 0.3) is 11.4 Å². The molecule has 3 nitrogen and oxygen atoms in total. The number of aromatic nitrogens is 2. The van der Waals surface area contributed by atoms with Gasteiger partial charge in [-0.15, -0.1) is 0 Å². The fourth-order valence-corrected chi connectivity index (χ4v) is 2.78. The molecule has 0 aliphatic rings. The molecule has 2 N–H and O–H groups in total. The van der Waals surface area contributed by atoms with E-state index in [1.807, 2.05) is 38.1 Å². The Morgan fingerprint density at radius 2 is 1.74 bits per heavy atom. The Kier molecular flexibility index (Phi) is 4.32. The van der Waals surface area contributed by atoms with Gasteiger partial charge in [0, 0.05) is 21.4 Å². The third kappa shape index (κ3) is 2.85. The molecule has 1 aromatic carbocycles. The molecule has 0 fully saturated rings. The predicted molar refractivity (Wildman–Crippen MR) is 82.1 cm³/mol. The highest BCUT2D eigenvalue weighted by atomic mass is 79.9. The Hall–Kier alpha value is -1.26. The van der Waals surface area contributed by atoms with Gasteiger partial charge in [-0.1, -0.05) is 41.1 Å². The van der Waals surface area contributed by atoms with Crippen molar-refractivity contribution in [2.45, 2.75) is 26.7 Å². The molecule has 1 unspecified atom stereocenters. The number of halogens is 1. The van der Waals surface area contributed by atoms with Gasteiger partial charge in [0.05, 0.1) is 0 Å². The second kappa shape index (κ2) is 5.80. The average Bonchev–Trinajstić information content (AvgIpc) is 2.38. The summed E-state index contributed by atoms with van der Waals surface area (Å²) in [7, 11) is 0. The topological polar surface area (TPSA) is 51.8 Å². The summed E-state index contributed by atoms with van der Waals surface area (Å²) in [6.07, 6.45) is 0. The van der Waals surface area contributed by atoms with Gasteiger partial charge in [0.25, 0.3) is 0 Å². The zero-order valence-corrected chi connectivity index (χ0v) is 13.0. The van der Waals surface area contributed by atoms with Gasteiger partial charge >= 0.3 is 0 Å². The van der Waals surface area contributed by atoms with Gasteiger partial charge in [0.2, 0.25) is 0 Å².